The summed E-state index contributed by atoms with van der Waals surface area (Å²) in [6.45, 7) is 0.175. The number of halogens is 3. The van der Waals surface area contributed by atoms with E-state index in [1.807, 2.05) is 42.5 Å². The number of hydrogen-bond acceptors (Lipinski definition) is 2. The lowest BCUT2D eigenvalue weighted by atomic mass is 10.1. The van der Waals surface area contributed by atoms with Crippen LogP contribution in [0.15, 0.2) is 66.7 Å². The van der Waals surface area contributed by atoms with Crippen molar-refractivity contribution >= 4 is 22.5 Å². The number of anilines is 1. The van der Waals surface area contributed by atoms with Crippen LogP contribution in [0.1, 0.15) is 5.56 Å². The Morgan fingerprint density at radius 3 is 2.55 bits per heavy atom. The highest BCUT2D eigenvalue weighted by atomic mass is 19.4. The van der Waals surface area contributed by atoms with Gasteiger partial charge in [0, 0.05) is 11.1 Å². The molecule has 29 heavy (non-hydrogen) atoms. The zero-order valence-electron chi connectivity index (χ0n) is 15.2. The molecule has 2 amide bonds. The maximum absolute atomic E-state index is 12.7. The zero-order chi connectivity index (χ0) is 20.7. The number of rotatable bonds is 4. The van der Waals surface area contributed by atoms with Crippen molar-refractivity contribution in [1.82, 2.24) is 5.32 Å². The standard InChI is InChI=1S/C22H17F3N2O2/c23-22(24,25)17-9-6-10-18(15-17)27-21(28)26-13-3-4-14-29-20-12-5-8-16-7-1-2-11-19(16)20/h1-2,5-12,15H,13-14H2,(H2,26,27,28). The van der Waals surface area contributed by atoms with Crippen molar-refractivity contribution in [3.8, 4) is 17.6 Å². The van der Waals surface area contributed by atoms with E-state index in [4.69, 9.17) is 4.74 Å². The first-order valence-electron chi connectivity index (χ1n) is 8.72. The monoisotopic (exact) mass is 398 g/mol. The van der Waals surface area contributed by atoms with Gasteiger partial charge in [0.05, 0.1) is 12.1 Å². The maximum Gasteiger partial charge on any atom is 0.416 e. The Kier molecular flexibility index (Phi) is 6.25. The maximum atomic E-state index is 12.7. The van der Waals surface area contributed by atoms with Crippen molar-refractivity contribution in [3.63, 3.8) is 0 Å². The summed E-state index contributed by atoms with van der Waals surface area (Å²) in [7, 11) is 0. The molecular weight excluding hydrogens is 381 g/mol. The molecule has 3 aromatic carbocycles. The van der Waals surface area contributed by atoms with Crippen LogP contribution < -0.4 is 15.4 Å². The van der Waals surface area contributed by atoms with Crippen LogP contribution in [-0.4, -0.2) is 19.2 Å². The fraction of sp³-hybridized carbons (Fsp3) is 0.136. The Morgan fingerprint density at radius 2 is 1.72 bits per heavy atom. The predicted octanol–water partition coefficient (Wildman–Crippen LogP) is 5.06. The van der Waals surface area contributed by atoms with Gasteiger partial charge < -0.3 is 15.4 Å². The third-order valence-electron chi connectivity index (χ3n) is 3.96. The summed E-state index contributed by atoms with van der Waals surface area (Å²) in [6, 6.07) is 17.3. The Bertz CT molecular complexity index is 1060. The van der Waals surface area contributed by atoms with Crippen LogP contribution in [-0.2, 0) is 6.18 Å². The average molecular weight is 398 g/mol. The van der Waals surface area contributed by atoms with Gasteiger partial charge in [0.15, 0.2) is 0 Å². The molecule has 0 aliphatic heterocycles. The number of ether oxygens (including phenoxy) is 1. The van der Waals surface area contributed by atoms with E-state index >= 15 is 0 Å². The average Bonchev–Trinajstić information content (AvgIpc) is 2.70. The first kappa shape index (κ1) is 20.1. The van der Waals surface area contributed by atoms with Gasteiger partial charge in [0.2, 0.25) is 0 Å². The van der Waals surface area contributed by atoms with Gasteiger partial charge in [-0.05, 0) is 29.7 Å². The summed E-state index contributed by atoms with van der Waals surface area (Å²) in [4.78, 5) is 11.8. The number of nitrogens with one attached hydrogen (secondary N) is 2. The minimum absolute atomic E-state index is 0.0314. The van der Waals surface area contributed by atoms with Crippen molar-refractivity contribution in [2.24, 2.45) is 0 Å². The molecule has 0 saturated carbocycles. The third-order valence-corrected chi connectivity index (χ3v) is 3.96. The van der Waals surface area contributed by atoms with E-state index in [1.165, 1.54) is 12.1 Å². The zero-order valence-corrected chi connectivity index (χ0v) is 15.2. The van der Waals surface area contributed by atoms with Gasteiger partial charge >= 0.3 is 12.2 Å². The summed E-state index contributed by atoms with van der Waals surface area (Å²) in [5.41, 5.74) is -0.787. The van der Waals surface area contributed by atoms with Gasteiger partial charge in [0.25, 0.3) is 0 Å². The fourth-order valence-corrected chi connectivity index (χ4v) is 2.62. The number of urea groups is 1. The number of hydrogen-bond donors (Lipinski definition) is 2. The fourth-order valence-electron chi connectivity index (χ4n) is 2.62. The van der Waals surface area contributed by atoms with Crippen LogP contribution in [0.2, 0.25) is 0 Å². The van der Waals surface area contributed by atoms with E-state index in [9.17, 15) is 18.0 Å². The van der Waals surface area contributed by atoms with Crippen LogP contribution in [0.5, 0.6) is 5.75 Å². The normalized spacial score (nSPS) is 10.7. The van der Waals surface area contributed by atoms with E-state index in [1.54, 1.807) is 0 Å². The molecule has 0 saturated heterocycles. The van der Waals surface area contributed by atoms with Crippen LogP contribution in [0.4, 0.5) is 23.7 Å². The van der Waals surface area contributed by atoms with Crippen molar-refractivity contribution in [1.29, 1.82) is 0 Å². The molecule has 148 valence electrons. The number of carbonyl (C=O) groups is 1. The molecule has 0 unspecified atom stereocenters. The van der Waals surface area contributed by atoms with Crippen LogP contribution in [0.25, 0.3) is 10.8 Å². The lowest BCUT2D eigenvalue weighted by Gasteiger charge is -2.09. The van der Waals surface area contributed by atoms with Gasteiger partial charge in [-0.1, -0.05) is 54.3 Å². The SMILES string of the molecule is O=C(NCC#CCOc1cccc2ccccc12)Nc1cccc(C(F)(F)F)c1. The van der Waals surface area contributed by atoms with E-state index in [0.717, 1.165) is 22.9 Å². The summed E-state index contributed by atoms with van der Waals surface area (Å²) < 4.78 is 43.7. The van der Waals surface area contributed by atoms with Crippen LogP contribution >= 0.6 is 0 Å². The highest BCUT2D eigenvalue weighted by Gasteiger charge is 2.30. The molecule has 0 atom stereocenters. The van der Waals surface area contributed by atoms with E-state index in [0.29, 0.717) is 5.75 Å². The van der Waals surface area contributed by atoms with E-state index in [2.05, 4.69) is 22.5 Å². The summed E-state index contributed by atoms with van der Waals surface area (Å²) in [5.74, 6) is 6.23. The van der Waals surface area contributed by atoms with E-state index < -0.39 is 17.8 Å². The third kappa shape index (κ3) is 5.66. The quantitative estimate of drug-likeness (QED) is 0.604. The second kappa shape index (κ2) is 9.02. The van der Waals surface area contributed by atoms with Gasteiger partial charge in [-0.3, -0.25) is 0 Å². The highest BCUT2D eigenvalue weighted by Crippen LogP contribution is 2.30. The Balaban J connectivity index is 1.46. The Hall–Kier alpha value is -3.66. The summed E-state index contributed by atoms with van der Waals surface area (Å²) >= 11 is 0. The number of benzene rings is 3. The highest BCUT2D eigenvalue weighted by molar-refractivity contribution is 5.89. The molecule has 3 rings (SSSR count). The lowest BCUT2D eigenvalue weighted by molar-refractivity contribution is -0.137. The molecule has 2 N–H and O–H groups in total. The molecule has 0 aliphatic carbocycles. The first-order chi connectivity index (χ1) is 13.9. The van der Waals surface area contributed by atoms with Gasteiger partial charge in [0.1, 0.15) is 12.4 Å². The number of alkyl halides is 3. The van der Waals surface area contributed by atoms with Crippen molar-refractivity contribution in [2.75, 3.05) is 18.5 Å². The molecule has 0 aliphatic rings. The number of amides is 2. The molecule has 0 radical (unpaired) electrons. The summed E-state index contributed by atoms with van der Waals surface area (Å²) in [6.07, 6.45) is -4.47. The van der Waals surface area contributed by atoms with Crippen molar-refractivity contribution in [2.45, 2.75) is 6.18 Å². The van der Waals surface area contributed by atoms with Crippen molar-refractivity contribution < 1.29 is 22.7 Å². The van der Waals surface area contributed by atoms with Crippen LogP contribution in [0.3, 0.4) is 0 Å². The summed E-state index contributed by atoms with van der Waals surface area (Å²) in [5, 5.41) is 6.84. The molecule has 0 bridgehead atoms. The topological polar surface area (TPSA) is 50.4 Å². The number of carbonyl (C=O) groups excluding carboxylic acids is 1. The smallest absolute Gasteiger partial charge is 0.416 e. The first-order valence-corrected chi connectivity index (χ1v) is 8.72. The molecular formula is C22H17F3N2O2. The Morgan fingerprint density at radius 1 is 0.966 bits per heavy atom. The predicted molar refractivity (Wildman–Crippen MR) is 106 cm³/mol. The molecule has 0 aromatic heterocycles. The van der Waals surface area contributed by atoms with Gasteiger partial charge in [-0.15, -0.1) is 0 Å². The van der Waals surface area contributed by atoms with Crippen molar-refractivity contribution in [3.05, 3.63) is 72.3 Å². The molecule has 4 nitrogen and oxygen atoms in total. The second-order valence-corrected chi connectivity index (χ2v) is 6.01. The van der Waals surface area contributed by atoms with E-state index in [-0.39, 0.29) is 18.8 Å². The van der Waals surface area contributed by atoms with Gasteiger partial charge in [-0.25, -0.2) is 4.79 Å². The minimum atomic E-state index is -4.47. The van der Waals surface area contributed by atoms with Gasteiger partial charge in [-0.2, -0.15) is 13.2 Å². The lowest BCUT2D eigenvalue weighted by Crippen LogP contribution is -2.29. The Labute approximate surface area is 165 Å². The molecule has 0 fully saturated rings. The number of fused-ring (bicyclic) bond motifs is 1. The minimum Gasteiger partial charge on any atom is -0.480 e. The molecule has 0 heterocycles. The second-order valence-electron chi connectivity index (χ2n) is 6.01. The molecule has 3 aromatic rings. The molecule has 0 spiro atoms. The molecule has 7 heteroatoms. The van der Waals surface area contributed by atoms with Crippen LogP contribution in [0, 0.1) is 11.8 Å². The largest absolute Gasteiger partial charge is 0.480 e.